The Bertz CT molecular complexity index is 866. The molecule has 0 radical (unpaired) electrons. The minimum absolute atomic E-state index is 0.0499. The first-order valence-corrected chi connectivity index (χ1v) is 14.1. The second-order valence-corrected chi connectivity index (χ2v) is 14.4. The summed E-state index contributed by atoms with van der Waals surface area (Å²) in [7, 11) is -4.89. The first-order chi connectivity index (χ1) is 12.8. The van der Waals surface area contributed by atoms with Crippen molar-refractivity contribution < 1.29 is 8.42 Å². The SMILES string of the molecule is C=CC(CC/C=C/CS(=O)(=O)c1ccc(C)cc1)[Si](C)(C)c1ccccc1. The number of allylic oxidation sites excluding steroid dienone is 2. The quantitative estimate of drug-likeness (QED) is 0.425. The first kappa shape index (κ1) is 21.4. The summed E-state index contributed by atoms with van der Waals surface area (Å²) in [6.45, 7) is 10.8. The van der Waals surface area contributed by atoms with Crippen molar-refractivity contribution in [3.8, 4) is 0 Å². The third-order valence-electron chi connectivity index (χ3n) is 5.24. The molecule has 2 aromatic rings. The summed E-state index contributed by atoms with van der Waals surface area (Å²) in [4.78, 5) is 0.388. The lowest BCUT2D eigenvalue weighted by atomic mass is 10.2. The van der Waals surface area contributed by atoms with E-state index in [-0.39, 0.29) is 5.75 Å². The van der Waals surface area contributed by atoms with Crippen molar-refractivity contribution >= 4 is 23.1 Å². The van der Waals surface area contributed by atoms with Crippen molar-refractivity contribution in [2.75, 3.05) is 5.75 Å². The van der Waals surface area contributed by atoms with Gasteiger partial charge in [0.25, 0.3) is 0 Å². The summed E-state index contributed by atoms with van der Waals surface area (Å²) in [5.41, 5.74) is 1.52. The Morgan fingerprint density at radius 3 is 2.22 bits per heavy atom. The van der Waals surface area contributed by atoms with Gasteiger partial charge in [0.2, 0.25) is 0 Å². The van der Waals surface area contributed by atoms with Gasteiger partial charge in [-0.25, -0.2) is 8.42 Å². The Morgan fingerprint density at radius 1 is 1.00 bits per heavy atom. The molecule has 0 aliphatic rings. The maximum absolute atomic E-state index is 12.4. The molecule has 0 fully saturated rings. The molecule has 2 rings (SSSR count). The van der Waals surface area contributed by atoms with Crippen LogP contribution in [0.1, 0.15) is 18.4 Å². The van der Waals surface area contributed by atoms with Crippen LogP contribution in [-0.4, -0.2) is 22.2 Å². The van der Waals surface area contributed by atoms with Gasteiger partial charge in [0.05, 0.1) is 18.7 Å². The summed E-state index contributed by atoms with van der Waals surface area (Å²) in [5.74, 6) is 0.0499. The molecule has 1 atom stereocenters. The average Bonchev–Trinajstić information content (AvgIpc) is 2.65. The van der Waals surface area contributed by atoms with Crippen LogP contribution in [0.5, 0.6) is 0 Å². The molecule has 0 heterocycles. The lowest BCUT2D eigenvalue weighted by Crippen LogP contribution is -2.45. The lowest BCUT2D eigenvalue weighted by Gasteiger charge is -2.30. The molecular weight excluding hydrogens is 368 g/mol. The van der Waals surface area contributed by atoms with Gasteiger partial charge in [-0.05, 0) is 37.4 Å². The predicted octanol–water partition coefficient (Wildman–Crippen LogP) is 5.28. The second-order valence-electron chi connectivity index (χ2n) is 7.57. The standard InChI is InChI=1S/C23H30O2SSi/c1-5-22(27(3,4)23-13-8-6-9-14-23)12-10-7-11-19-26(24,25)21-17-15-20(2)16-18-21/h5-9,11,13-18,22H,1,10,12,19H2,2-4H3/b11-7+. The Hall–Kier alpha value is -1.91. The van der Waals surface area contributed by atoms with Crippen LogP contribution in [0.15, 0.2) is 84.3 Å². The number of hydrogen-bond donors (Lipinski definition) is 0. The van der Waals surface area contributed by atoms with Crippen molar-refractivity contribution in [3.63, 3.8) is 0 Å². The Morgan fingerprint density at radius 2 is 1.63 bits per heavy atom. The Balaban J connectivity index is 1.94. The van der Waals surface area contributed by atoms with Gasteiger partial charge in [-0.2, -0.15) is 0 Å². The van der Waals surface area contributed by atoms with E-state index in [0.717, 1.165) is 18.4 Å². The molecule has 0 aliphatic carbocycles. The van der Waals surface area contributed by atoms with Gasteiger partial charge >= 0.3 is 0 Å². The number of sulfone groups is 1. The summed E-state index contributed by atoms with van der Waals surface area (Å²) >= 11 is 0. The van der Waals surface area contributed by atoms with E-state index in [2.05, 4.69) is 50.0 Å². The van der Waals surface area contributed by atoms with E-state index < -0.39 is 17.9 Å². The molecule has 144 valence electrons. The topological polar surface area (TPSA) is 34.1 Å². The van der Waals surface area contributed by atoms with Crippen molar-refractivity contribution in [2.24, 2.45) is 0 Å². The van der Waals surface area contributed by atoms with Crippen molar-refractivity contribution in [3.05, 3.63) is 85.0 Å². The van der Waals surface area contributed by atoms with Crippen LogP contribution in [0.2, 0.25) is 18.6 Å². The smallest absolute Gasteiger partial charge is 0.181 e. The normalized spacial score (nSPS) is 13.6. The average molecular weight is 399 g/mol. The number of rotatable bonds is 9. The Labute approximate surface area is 165 Å². The van der Waals surface area contributed by atoms with Crippen LogP contribution in [0.25, 0.3) is 0 Å². The fraction of sp³-hybridized carbons (Fsp3) is 0.304. The molecule has 2 aromatic carbocycles. The zero-order chi connectivity index (χ0) is 19.9. The molecule has 0 saturated heterocycles. The molecule has 27 heavy (non-hydrogen) atoms. The Kier molecular flexibility index (Phi) is 7.39. The zero-order valence-electron chi connectivity index (χ0n) is 16.6. The second kappa shape index (κ2) is 9.33. The van der Waals surface area contributed by atoms with E-state index in [0.29, 0.717) is 10.4 Å². The van der Waals surface area contributed by atoms with E-state index in [1.165, 1.54) is 5.19 Å². The highest BCUT2D eigenvalue weighted by molar-refractivity contribution is 7.91. The van der Waals surface area contributed by atoms with Crippen molar-refractivity contribution in [1.82, 2.24) is 0 Å². The zero-order valence-corrected chi connectivity index (χ0v) is 18.4. The van der Waals surface area contributed by atoms with E-state index in [9.17, 15) is 8.42 Å². The molecule has 0 spiro atoms. The van der Waals surface area contributed by atoms with Crippen LogP contribution in [-0.2, 0) is 9.84 Å². The highest BCUT2D eigenvalue weighted by atomic mass is 32.2. The highest BCUT2D eigenvalue weighted by Crippen LogP contribution is 2.28. The molecule has 2 nitrogen and oxygen atoms in total. The van der Waals surface area contributed by atoms with Crippen molar-refractivity contribution in [2.45, 2.75) is 43.3 Å². The van der Waals surface area contributed by atoms with E-state index >= 15 is 0 Å². The number of hydrogen-bond acceptors (Lipinski definition) is 2. The maximum atomic E-state index is 12.4. The van der Waals surface area contributed by atoms with Crippen LogP contribution in [0, 0.1) is 6.92 Å². The molecule has 0 aromatic heterocycles. The molecule has 0 saturated carbocycles. The van der Waals surface area contributed by atoms with Crippen LogP contribution < -0.4 is 5.19 Å². The van der Waals surface area contributed by atoms with Crippen LogP contribution >= 0.6 is 0 Å². The molecule has 0 bridgehead atoms. The summed E-state index contributed by atoms with van der Waals surface area (Å²) in [5, 5.41) is 1.43. The van der Waals surface area contributed by atoms with E-state index in [1.807, 2.05) is 31.2 Å². The molecule has 0 amide bonds. The van der Waals surface area contributed by atoms with Gasteiger partial charge in [-0.1, -0.05) is 84.5 Å². The number of benzene rings is 2. The van der Waals surface area contributed by atoms with Crippen molar-refractivity contribution in [1.29, 1.82) is 0 Å². The van der Waals surface area contributed by atoms with Gasteiger partial charge in [-0.15, -0.1) is 6.58 Å². The fourth-order valence-corrected chi connectivity index (χ4v) is 7.38. The molecule has 0 aliphatic heterocycles. The van der Waals surface area contributed by atoms with Gasteiger partial charge in [-0.3, -0.25) is 0 Å². The summed E-state index contributed by atoms with van der Waals surface area (Å²) in [6.07, 6.45) is 7.72. The largest absolute Gasteiger partial charge is 0.223 e. The molecular formula is C23H30O2SSi. The van der Waals surface area contributed by atoms with Gasteiger partial charge < -0.3 is 0 Å². The third-order valence-corrected chi connectivity index (χ3v) is 11.1. The minimum Gasteiger partial charge on any atom is -0.223 e. The monoisotopic (exact) mass is 398 g/mol. The highest BCUT2D eigenvalue weighted by Gasteiger charge is 2.30. The van der Waals surface area contributed by atoms with Gasteiger partial charge in [0.15, 0.2) is 9.84 Å². The summed E-state index contributed by atoms with van der Waals surface area (Å²) in [6, 6.07) is 17.7. The molecule has 0 N–H and O–H groups in total. The maximum Gasteiger partial charge on any atom is 0.181 e. The third kappa shape index (κ3) is 5.78. The van der Waals surface area contributed by atoms with Gasteiger partial charge in [0, 0.05) is 0 Å². The first-order valence-electron chi connectivity index (χ1n) is 9.40. The van der Waals surface area contributed by atoms with E-state index in [4.69, 9.17) is 0 Å². The van der Waals surface area contributed by atoms with Crippen LogP contribution in [0.3, 0.4) is 0 Å². The van der Waals surface area contributed by atoms with E-state index in [1.54, 1.807) is 18.2 Å². The minimum atomic E-state index is -3.25. The fourth-order valence-electron chi connectivity index (χ4n) is 3.29. The van der Waals surface area contributed by atoms with Gasteiger partial charge in [0.1, 0.15) is 0 Å². The predicted molar refractivity (Wildman–Crippen MR) is 119 cm³/mol. The molecule has 4 heteroatoms. The number of aryl methyl sites for hydroxylation is 1. The van der Waals surface area contributed by atoms with Crippen LogP contribution in [0.4, 0.5) is 0 Å². The lowest BCUT2D eigenvalue weighted by molar-refractivity contribution is 0.599. The molecule has 1 unspecified atom stereocenters. The summed E-state index contributed by atoms with van der Waals surface area (Å²) < 4.78 is 24.8.